The fourth-order valence-electron chi connectivity index (χ4n) is 7.03. The van der Waals surface area contributed by atoms with E-state index in [9.17, 15) is 14.4 Å². The molecule has 0 unspecified atom stereocenters. The van der Waals surface area contributed by atoms with Crippen LogP contribution in [0.1, 0.15) is 265 Å². The minimum Gasteiger partial charge on any atom is -0.462 e. The molecule has 6 nitrogen and oxygen atoms in total. The van der Waals surface area contributed by atoms with Crippen LogP contribution in [0, 0.1) is 0 Å². The van der Waals surface area contributed by atoms with Gasteiger partial charge in [0.1, 0.15) is 13.2 Å². The Kier molecular flexibility index (Phi) is 41.8. The highest BCUT2D eigenvalue weighted by Crippen LogP contribution is 2.16. The Hall–Kier alpha value is -1.59. The topological polar surface area (TPSA) is 78.9 Å². The third kappa shape index (κ3) is 41.4. The lowest BCUT2D eigenvalue weighted by Gasteiger charge is -2.18. The zero-order valence-corrected chi connectivity index (χ0v) is 35.8. The van der Waals surface area contributed by atoms with Gasteiger partial charge < -0.3 is 14.2 Å². The van der Waals surface area contributed by atoms with Crippen molar-refractivity contribution in [2.75, 3.05) is 13.2 Å². The summed E-state index contributed by atoms with van der Waals surface area (Å²) in [6.07, 6.45) is 43.7. The molecule has 0 radical (unpaired) electrons. The number of carbonyl (C=O) groups excluding carboxylic acids is 3. The van der Waals surface area contributed by atoms with Gasteiger partial charge >= 0.3 is 17.9 Å². The van der Waals surface area contributed by atoms with Crippen LogP contribution in [0.15, 0.2) is 0 Å². The number of esters is 3. The Morgan fingerprint density at radius 1 is 0.302 bits per heavy atom. The minimum atomic E-state index is -0.757. The number of hydrogen-bond donors (Lipinski definition) is 0. The highest BCUT2D eigenvalue weighted by Gasteiger charge is 2.19. The number of carbonyl (C=O) groups is 3. The summed E-state index contributed by atoms with van der Waals surface area (Å²) in [5, 5.41) is 0. The Morgan fingerprint density at radius 3 is 0.755 bits per heavy atom. The van der Waals surface area contributed by atoms with E-state index in [-0.39, 0.29) is 31.1 Å². The molecule has 53 heavy (non-hydrogen) atoms. The first kappa shape index (κ1) is 51.4. The normalized spacial score (nSPS) is 11.8. The van der Waals surface area contributed by atoms with Gasteiger partial charge in [0.15, 0.2) is 6.10 Å². The zero-order valence-electron chi connectivity index (χ0n) is 35.8. The van der Waals surface area contributed by atoms with E-state index < -0.39 is 6.10 Å². The molecule has 0 aliphatic rings. The van der Waals surface area contributed by atoms with Crippen molar-refractivity contribution in [2.45, 2.75) is 271 Å². The lowest BCUT2D eigenvalue weighted by Crippen LogP contribution is -2.30. The molecule has 0 aromatic heterocycles. The van der Waals surface area contributed by atoms with Crippen LogP contribution in [0.5, 0.6) is 0 Å². The molecule has 1 atom stereocenters. The Labute approximate surface area is 329 Å². The van der Waals surface area contributed by atoms with Gasteiger partial charge in [-0.1, -0.05) is 226 Å². The summed E-state index contributed by atoms with van der Waals surface area (Å²) >= 11 is 0. The molecule has 0 saturated heterocycles. The van der Waals surface area contributed by atoms with Crippen molar-refractivity contribution in [1.29, 1.82) is 0 Å². The molecule has 0 fully saturated rings. The Balaban J connectivity index is 4.26. The molecular weight excluding hydrogens is 661 g/mol. The number of unbranched alkanes of at least 4 members (excludes halogenated alkanes) is 32. The second kappa shape index (κ2) is 43.1. The van der Waals surface area contributed by atoms with Crippen LogP contribution < -0.4 is 0 Å². The van der Waals surface area contributed by atoms with Crippen LogP contribution in [-0.4, -0.2) is 37.2 Å². The lowest BCUT2D eigenvalue weighted by atomic mass is 10.0. The highest BCUT2D eigenvalue weighted by atomic mass is 16.6. The molecule has 0 aliphatic carbocycles. The average Bonchev–Trinajstić information content (AvgIpc) is 3.15. The van der Waals surface area contributed by atoms with Gasteiger partial charge in [-0.2, -0.15) is 0 Å². The molecular formula is C47H90O6. The second-order valence-electron chi connectivity index (χ2n) is 16.0. The fraction of sp³-hybridized carbons (Fsp3) is 0.936. The van der Waals surface area contributed by atoms with Crippen LogP contribution in [0.4, 0.5) is 0 Å². The maximum Gasteiger partial charge on any atom is 0.306 e. The van der Waals surface area contributed by atoms with Gasteiger partial charge in [0, 0.05) is 19.3 Å². The number of ether oxygens (including phenoxy) is 3. The van der Waals surface area contributed by atoms with Crippen LogP contribution in [-0.2, 0) is 28.6 Å². The molecule has 0 saturated carbocycles. The smallest absolute Gasteiger partial charge is 0.306 e. The van der Waals surface area contributed by atoms with Crippen molar-refractivity contribution in [3.8, 4) is 0 Å². The maximum atomic E-state index is 12.7. The van der Waals surface area contributed by atoms with Crippen molar-refractivity contribution in [3.05, 3.63) is 0 Å². The predicted molar refractivity (Wildman–Crippen MR) is 224 cm³/mol. The van der Waals surface area contributed by atoms with E-state index in [2.05, 4.69) is 20.8 Å². The third-order valence-corrected chi connectivity index (χ3v) is 10.6. The summed E-state index contributed by atoms with van der Waals surface area (Å²) in [7, 11) is 0. The summed E-state index contributed by atoms with van der Waals surface area (Å²) in [6, 6.07) is 0. The van der Waals surface area contributed by atoms with Gasteiger partial charge in [-0.05, 0) is 19.3 Å². The van der Waals surface area contributed by atoms with E-state index >= 15 is 0 Å². The largest absolute Gasteiger partial charge is 0.462 e. The first-order chi connectivity index (χ1) is 26.0. The number of rotatable bonds is 43. The minimum absolute atomic E-state index is 0.0627. The van der Waals surface area contributed by atoms with Crippen molar-refractivity contribution < 1.29 is 28.6 Å². The van der Waals surface area contributed by atoms with Crippen molar-refractivity contribution in [3.63, 3.8) is 0 Å². The first-order valence-corrected chi connectivity index (χ1v) is 23.5. The maximum absolute atomic E-state index is 12.7. The van der Waals surface area contributed by atoms with Crippen LogP contribution in [0.25, 0.3) is 0 Å². The SMILES string of the molecule is CCCCCCCCCCCCCCCCCC(=O)OC[C@H](COC(=O)CCCCCCCCCCCCC)OC(=O)CCCCCCCCCCC. The standard InChI is InChI=1S/C47H90O6/c1-4-7-10-13-16-19-21-22-23-24-26-29-31-34-37-40-46(49)52-43-44(53-47(50)41-38-35-32-27-18-15-12-9-6-3)42-51-45(48)39-36-33-30-28-25-20-17-14-11-8-5-2/h44H,4-43H2,1-3H3/t44-/m0/s1. The van der Waals surface area contributed by atoms with E-state index in [0.29, 0.717) is 19.3 Å². The quantitative estimate of drug-likeness (QED) is 0.0351. The average molecular weight is 751 g/mol. The molecule has 6 heteroatoms. The molecule has 0 amide bonds. The molecule has 0 N–H and O–H groups in total. The molecule has 0 rings (SSSR count). The first-order valence-electron chi connectivity index (χ1n) is 23.5. The van der Waals surface area contributed by atoms with Crippen LogP contribution in [0.2, 0.25) is 0 Å². The Morgan fingerprint density at radius 2 is 0.509 bits per heavy atom. The van der Waals surface area contributed by atoms with E-state index in [0.717, 1.165) is 57.8 Å². The molecule has 314 valence electrons. The molecule has 0 aromatic carbocycles. The van der Waals surface area contributed by atoms with Crippen LogP contribution >= 0.6 is 0 Å². The van der Waals surface area contributed by atoms with E-state index in [4.69, 9.17) is 14.2 Å². The van der Waals surface area contributed by atoms with Crippen molar-refractivity contribution in [1.82, 2.24) is 0 Å². The molecule has 0 spiro atoms. The van der Waals surface area contributed by atoms with Gasteiger partial charge in [0.2, 0.25) is 0 Å². The van der Waals surface area contributed by atoms with Crippen LogP contribution in [0.3, 0.4) is 0 Å². The summed E-state index contributed by atoms with van der Waals surface area (Å²) in [4.78, 5) is 37.7. The molecule has 0 aromatic rings. The van der Waals surface area contributed by atoms with E-state index in [1.54, 1.807) is 0 Å². The third-order valence-electron chi connectivity index (χ3n) is 10.6. The van der Waals surface area contributed by atoms with Crippen molar-refractivity contribution >= 4 is 17.9 Å². The van der Waals surface area contributed by atoms with Gasteiger partial charge in [-0.3, -0.25) is 14.4 Å². The molecule has 0 heterocycles. The van der Waals surface area contributed by atoms with E-state index in [1.165, 1.54) is 167 Å². The molecule has 0 bridgehead atoms. The summed E-state index contributed by atoms with van der Waals surface area (Å²) in [5.74, 6) is -0.852. The summed E-state index contributed by atoms with van der Waals surface area (Å²) in [6.45, 7) is 6.64. The van der Waals surface area contributed by atoms with Crippen molar-refractivity contribution in [2.24, 2.45) is 0 Å². The summed E-state index contributed by atoms with van der Waals surface area (Å²) < 4.78 is 16.7. The Bertz CT molecular complexity index is 783. The van der Waals surface area contributed by atoms with Gasteiger partial charge in [-0.25, -0.2) is 0 Å². The van der Waals surface area contributed by atoms with E-state index in [1.807, 2.05) is 0 Å². The molecule has 0 aliphatic heterocycles. The fourth-order valence-corrected chi connectivity index (χ4v) is 7.03. The second-order valence-corrected chi connectivity index (χ2v) is 16.0. The monoisotopic (exact) mass is 751 g/mol. The van der Waals surface area contributed by atoms with Gasteiger partial charge in [-0.15, -0.1) is 0 Å². The number of hydrogen-bond acceptors (Lipinski definition) is 6. The van der Waals surface area contributed by atoms with Gasteiger partial charge in [0.25, 0.3) is 0 Å². The van der Waals surface area contributed by atoms with Gasteiger partial charge in [0.05, 0.1) is 0 Å². The highest BCUT2D eigenvalue weighted by molar-refractivity contribution is 5.71. The lowest BCUT2D eigenvalue weighted by molar-refractivity contribution is -0.167. The zero-order chi connectivity index (χ0) is 38.7. The predicted octanol–water partition coefficient (Wildman–Crippen LogP) is 14.9. The summed E-state index contributed by atoms with van der Waals surface area (Å²) in [5.41, 5.74) is 0.